The predicted octanol–water partition coefficient (Wildman–Crippen LogP) is 3.97. The molecule has 0 bridgehead atoms. The fourth-order valence-corrected chi connectivity index (χ4v) is 1.63. The largest absolute Gasteiger partial charge is 0.384 e. The zero-order valence-corrected chi connectivity index (χ0v) is 11.0. The molecule has 2 nitrogen and oxygen atoms in total. The average Bonchev–Trinajstić information content (AvgIpc) is 2.35. The van der Waals surface area contributed by atoms with Gasteiger partial charge in [-0.15, -0.1) is 0 Å². The highest BCUT2D eigenvalue weighted by Crippen LogP contribution is 2.22. The lowest BCUT2D eigenvalue weighted by atomic mass is 10.0. The summed E-state index contributed by atoms with van der Waals surface area (Å²) in [4.78, 5) is 4.36. The summed E-state index contributed by atoms with van der Waals surface area (Å²) in [6.07, 6.45) is 0. The van der Waals surface area contributed by atoms with Crippen molar-refractivity contribution in [1.82, 2.24) is 4.98 Å². The van der Waals surface area contributed by atoms with E-state index < -0.39 is 0 Å². The van der Waals surface area contributed by atoms with Crippen molar-refractivity contribution in [2.24, 2.45) is 0 Å². The highest BCUT2D eigenvalue weighted by molar-refractivity contribution is 5.65. The molecular weight excluding hydrogens is 208 g/mol. The zero-order valence-electron chi connectivity index (χ0n) is 11.0. The van der Waals surface area contributed by atoms with Gasteiger partial charge in [0.05, 0.1) is 5.69 Å². The third-order valence-corrected chi connectivity index (χ3v) is 2.41. The van der Waals surface area contributed by atoms with Gasteiger partial charge in [0.15, 0.2) is 0 Å². The molecule has 0 aliphatic rings. The molecule has 2 rings (SSSR count). The molecule has 1 aromatic heterocycles. The van der Waals surface area contributed by atoms with Gasteiger partial charge in [-0.3, -0.25) is 0 Å². The van der Waals surface area contributed by atoms with Crippen molar-refractivity contribution < 1.29 is 0 Å². The highest BCUT2D eigenvalue weighted by Gasteiger charge is 2.03. The van der Waals surface area contributed by atoms with Crippen molar-refractivity contribution in [2.75, 3.05) is 5.73 Å². The SMILES string of the molecule is CC.Cc1cccc(-c2nc(N)ccc2C)c1. The Bertz CT molecular complexity index is 490. The second-order valence-electron chi connectivity index (χ2n) is 3.77. The number of anilines is 1. The van der Waals surface area contributed by atoms with Crippen molar-refractivity contribution in [2.45, 2.75) is 27.7 Å². The summed E-state index contributed by atoms with van der Waals surface area (Å²) in [5.41, 5.74) is 10.2. The third kappa shape index (κ3) is 3.31. The smallest absolute Gasteiger partial charge is 0.124 e. The van der Waals surface area contributed by atoms with Crippen LogP contribution >= 0.6 is 0 Å². The summed E-state index contributed by atoms with van der Waals surface area (Å²) < 4.78 is 0. The molecular formula is C15H20N2. The number of nitrogens with zero attached hydrogens (tertiary/aromatic N) is 1. The molecule has 0 aliphatic carbocycles. The van der Waals surface area contributed by atoms with Crippen molar-refractivity contribution >= 4 is 5.82 Å². The van der Waals surface area contributed by atoms with E-state index >= 15 is 0 Å². The van der Waals surface area contributed by atoms with Crippen LogP contribution in [0.4, 0.5) is 5.82 Å². The maximum Gasteiger partial charge on any atom is 0.124 e. The van der Waals surface area contributed by atoms with Crippen LogP contribution in [0.2, 0.25) is 0 Å². The molecule has 0 amide bonds. The minimum Gasteiger partial charge on any atom is -0.384 e. The van der Waals surface area contributed by atoms with E-state index in [9.17, 15) is 0 Å². The van der Waals surface area contributed by atoms with Gasteiger partial charge >= 0.3 is 0 Å². The Labute approximate surface area is 104 Å². The lowest BCUT2D eigenvalue weighted by Crippen LogP contribution is -1.94. The summed E-state index contributed by atoms with van der Waals surface area (Å²) in [5.74, 6) is 0.567. The second kappa shape index (κ2) is 6.04. The van der Waals surface area contributed by atoms with Crippen LogP contribution in [0.1, 0.15) is 25.0 Å². The van der Waals surface area contributed by atoms with E-state index in [4.69, 9.17) is 5.73 Å². The molecule has 1 heterocycles. The first-order chi connectivity index (χ1) is 8.16. The Hall–Kier alpha value is -1.83. The molecule has 17 heavy (non-hydrogen) atoms. The molecule has 2 heteroatoms. The van der Waals surface area contributed by atoms with Gasteiger partial charge in [0.2, 0.25) is 0 Å². The lowest BCUT2D eigenvalue weighted by Gasteiger charge is -2.06. The van der Waals surface area contributed by atoms with Crippen LogP contribution in [0.3, 0.4) is 0 Å². The van der Waals surface area contributed by atoms with Gasteiger partial charge < -0.3 is 5.73 Å². The maximum absolute atomic E-state index is 5.69. The predicted molar refractivity (Wildman–Crippen MR) is 74.9 cm³/mol. The van der Waals surface area contributed by atoms with Gasteiger partial charge in [-0.25, -0.2) is 4.98 Å². The molecule has 0 fully saturated rings. The fourth-order valence-electron chi connectivity index (χ4n) is 1.63. The summed E-state index contributed by atoms with van der Waals surface area (Å²) in [5, 5.41) is 0. The molecule has 0 radical (unpaired) electrons. The quantitative estimate of drug-likeness (QED) is 0.802. The second-order valence-corrected chi connectivity index (χ2v) is 3.77. The molecule has 2 N–H and O–H groups in total. The molecule has 0 saturated carbocycles. The maximum atomic E-state index is 5.69. The van der Waals surface area contributed by atoms with Gasteiger partial charge in [-0.1, -0.05) is 43.7 Å². The van der Waals surface area contributed by atoms with E-state index in [1.54, 1.807) is 0 Å². The minimum absolute atomic E-state index is 0.567. The summed E-state index contributed by atoms with van der Waals surface area (Å²) in [6, 6.07) is 12.1. The molecule has 90 valence electrons. The topological polar surface area (TPSA) is 38.9 Å². The van der Waals surface area contributed by atoms with Gasteiger partial charge in [0, 0.05) is 5.56 Å². The number of aromatic nitrogens is 1. The van der Waals surface area contributed by atoms with Gasteiger partial charge in [0.25, 0.3) is 0 Å². The molecule has 0 unspecified atom stereocenters. The summed E-state index contributed by atoms with van der Waals surface area (Å²) >= 11 is 0. The highest BCUT2D eigenvalue weighted by atomic mass is 14.8. The number of nitrogens with two attached hydrogens (primary N) is 1. The van der Waals surface area contributed by atoms with Gasteiger partial charge in [-0.05, 0) is 31.5 Å². The monoisotopic (exact) mass is 228 g/mol. The van der Waals surface area contributed by atoms with Crippen LogP contribution in [0.5, 0.6) is 0 Å². The van der Waals surface area contributed by atoms with E-state index in [-0.39, 0.29) is 0 Å². The first-order valence-corrected chi connectivity index (χ1v) is 5.97. The standard InChI is InChI=1S/C13H14N2.C2H6/c1-9-4-3-5-11(8-9)13-10(2)6-7-12(14)15-13;1-2/h3-8H,1-2H3,(H2,14,15);1-2H3. The van der Waals surface area contributed by atoms with Crippen LogP contribution in [-0.4, -0.2) is 4.98 Å². The molecule has 0 atom stereocenters. The Morgan fingerprint density at radius 2 is 1.71 bits per heavy atom. The van der Waals surface area contributed by atoms with Crippen molar-refractivity contribution in [3.63, 3.8) is 0 Å². The Kier molecular flexibility index (Phi) is 4.70. The van der Waals surface area contributed by atoms with Crippen LogP contribution in [0.25, 0.3) is 11.3 Å². The van der Waals surface area contributed by atoms with Gasteiger partial charge in [0.1, 0.15) is 5.82 Å². The first kappa shape index (κ1) is 13.2. The van der Waals surface area contributed by atoms with Crippen LogP contribution in [0, 0.1) is 13.8 Å². The number of rotatable bonds is 1. The zero-order chi connectivity index (χ0) is 12.8. The molecule has 1 aromatic carbocycles. The number of pyridine rings is 1. The Morgan fingerprint density at radius 1 is 1.00 bits per heavy atom. The fraction of sp³-hybridized carbons (Fsp3) is 0.267. The summed E-state index contributed by atoms with van der Waals surface area (Å²) in [7, 11) is 0. The Balaban J connectivity index is 0.000000686. The third-order valence-electron chi connectivity index (χ3n) is 2.41. The average molecular weight is 228 g/mol. The number of aryl methyl sites for hydroxylation is 2. The number of hydrogen-bond acceptors (Lipinski definition) is 2. The van der Waals surface area contributed by atoms with E-state index in [0.29, 0.717) is 5.82 Å². The van der Waals surface area contributed by atoms with Crippen molar-refractivity contribution in [1.29, 1.82) is 0 Å². The van der Waals surface area contributed by atoms with Crippen molar-refractivity contribution in [3.8, 4) is 11.3 Å². The minimum atomic E-state index is 0.567. The molecule has 2 aromatic rings. The van der Waals surface area contributed by atoms with Crippen LogP contribution < -0.4 is 5.73 Å². The summed E-state index contributed by atoms with van der Waals surface area (Å²) in [6.45, 7) is 8.12. The van der Waals surface area contributed by atoms with E-state index in [1.165, 1.54) is 5.56 Å². The normalized spacial score (nSPS) is 9.41. The number of benzene rings is 1. The van der Waals surface area contributed by atoms with Crippen LogP contribution in [-0.2, 0) is 0 Å². The molecule has 0 saturated heterocycles. The molecule has 0 spiro atoms. The van der Waals surface area contributed by atoms with E-state index in [0.717, 1.165) is 16.8 Å². The van der Waals surface area contributed by atoms with Gasteiger partial charge in [-0.2, -0.15) is 0 Å². The van der Waals surface area contributed by atoms with Crippen molar-refractivity contribution in [3.05, 3.63) is 47.5 Å². The van der Waals surface area contributed by atoms with E-state index in [1.807, 2.05) is 39.0 Å². The van der Waals surface area contributed by atoms with Crippen LogP contribution in [0.15, 0.2) is 36.4 Å². The number of hydrogen-bond donors (Lipinski definition) is 1. The lowest BCUT2D eigenvalue weighted by molar-refractivity contribution is 1.27. The first-order valence-electron chi connectivity index (χ1n) is 5.97. The number of nitrogen functional groups attached to an aromatic ring is 1. The molecule has 0 aliphatic heterocycles. The Morgan fingerprint density at radius 3 is 2.35 bits per heavy atom. The van der Waals surface area contributed by atoms with E-state index in [2.05, 4.69) is 30.1 Å².